The van der Waals surface area contributed by atoms with Crippen molar-refractivity contribution in [1.29, 1.82) is 0 Å². The van der Waals surface area contributed by atoms with Crippen molar-refractivity contribution in [2.75, 3.05) is 14.1 Å². The lowest BCUT2D eigenvalue weighted by Crippen LogP contribution is -2.22. The van der Waals surface area contributed by atoms with Crippen LogP contribution in [0.2, 0.25) is 0 Å². The van der Waals surface area contributed by atoms with Crippen molar-refractivity contribution in [3.8, 4) is 0 Å². The number of carbonyl (C=O) groups excluding carboxylic acids is 1. The van der Waals surface area contributed by atoms with Crippen molar-refractivity contribution in [2.45, 2.75) is 18.2 Å². The third kappa shape index (κ3) is 4.05. The summed E-state index contributed by atoms with van der Waals surface area (Å²) in [5.74, 6) is -1.60. The molecule has 0 bridgehead atoms. The molecule has 0 saturated heterocycles. The highest BCUT2D eigenvalue weighted by Gasteiger charge is 2.22. The van der Waals surface area contributed by atoms with Crippen molar-refractivity contribution in [3.05, 3.63) is 56.8 Å². The molecule has 0 N–H and O–H groups in total. The fraction of sp³-hybridized carbons (Fsp3) is 0.250. The van der Waals surface area contributed by atoms with E-state index in [-0.39, 0.29) is 34.2 Å². The summed E-state index contributed by atoms with van der Waals surface area (Å²) >= 11 is 0. The number of nitro benzene ring substituents is 1. The molecule has 3 aromatic rings. The molecule has 0 radical (unpaired) electrons. The lowest BCUT2D eigenvalue weighted by atomic mass is 10.3. The zero-order valence-electron chi connectivity index (χ0n) is 15.2. The number of sulfonamides is 1. The summed E-state index contributed by atoms with van der Waals surface area (Å²) in [6.07, 6.45) is 0. The summed E-state index contributed by atoms with van der Waals surface area (Å²) in [5.41, 5.74) is -0.112. The van der Waals surface area contributed by atoms with Gasteiger partial charge in [0, 0.05) is 20.2 Å². The van der Waals surface area contributed by atoms with Gasteiger partial charge in [-0.1, -0.05) is 0 Å². The minimum absolute atomic E-state index is 0.0402. The predicted octanol–water partition coefficient (Wildman–Crippen LogP) is 1.09. The van der Waals surface area contributed by atoms with Crippen LogP contribution in [0.3, 0.4) is 0 Å². The van der Waals surface area contributed by atoms with Crippen LogP contribution < -0.4 is 5.76 Å². The van der Waals surface area contributed by atoms with Crippen molar-refractivity contribution in [2.24, 2.45) is 0 Å². The number of hydrogen-bond acceptors (Lipinski definition) is 9. The highest BCUT2D eigenvalue weighted by atomic mass is 32.2. The molecule has 0 atom stereocenters. The molecule has 2 heterocycles. The van der Waals surface area contributed by atoms with Gasteiger partial charge in [-0.05, 0) is 18.2 Å². The molecule has 0 amide bonds. The van der Waals surface area contributed by atoms with Gasteiger partial charge >= 0.3 is 11.7 Å². The monoisotopic (exact) mass is 425 g/mol. The van der Waals surface area contributed by atoms with Crippen molar-refractivity contribution in [1.82, 2.24) is 8.87 Å². The quantitative estimate of drug-likeness (QED) is 0.307. The third-order valence-corrected chi connectivity index (χ3v) is 5.59. The van der Waals surface area contributed by atoms with E-state index < -0.39 is 33.2 Å². The third-order valence-electron chi connectivity index (χ3n) is 3.90. The standard InChI is InChI=1S/C16H15N3O9S/c1-17(2)29(24,25)15-6-4-11(27-15)9-26-14(20)8-18-12-5-3-10(19(22)23)7-13(12)28-16(18)21/h3-7H,8-9H2,1-2H3. The first kappa shape index (κ1) is 20.3. The predicted molar refractivity (Wildman–Crippen MR) is 96.5 cm³/mol. The van der Waals surface area contributed by atoms with E-state index in [1.54, 1.807) is 0 Å². The van der Waals surface area contributed by atoms with Gasteiger partial charge in [-0.3, -0.25) is 19.5 Å². The molecule has 154 valence electrons. The zero-order valence-corrected chi connectivity index (χ0v) is 16.0. The van der Waals surface area contributed by atoms with E-state index in [1.165, 1.54) is 38.4 Å². The summed E-state index contributed by atoms with van der Waals surface area (Å²) in [4.78, 5) is 34.2. The molecule has 0 unspecified atom stereocenters. The molecule has 12 nitrogen and oxygen atoms in total. The Hall–Kier alpha value is -3.45. The maximum absolute atomic E-state index is 12.1. The number of rotatable bonds is 7. The number of ether oxygens (including phenoxy) is 1. The summed E-state index contributed by atoms with van der Waals surface area (Å²) < 4.78 is 40.9. The second-order valence-electron chi connectivity index (χ2n) is 6.03. The number of esters is 1. The largest absolute Gasteiger partial charge is 0.456 e. The molecule has 0 spiro atoms. The van der Waals surface area contributed by atoms with Crippen LogP contribution in [0.5, 0.6) is 0 Å². The topological polar surface area (TPSA) is 155 Å². The van der Waals surface area contributed by atoms with Gasteiger partial charge in [-0.25, -0.2) is 17.5 Å². The fourth-order valence-corrected chi connectivity index (χ4v) is 3.21. The molecule has 29 heavy (non-hydrogen) atoms. The SMILES string of the molecule is CN(C)S(=O)(=O)c1ccc(COC(=O)Cn2c(=O)oc3cc([N+](=O)[O-])ccc32)o1. The van der Waals surface area contributed by atoms with Gasteiger partial charge < -0.3 is 13.6 Å². The number of benzene rings is 1. The second kappa shape index (κ2) is 7.52. The normalized spacial score (nSPS) is 11.8. The first-order chi connectivity index (χ1) is 13.6. The minimum atomic E-state index is -3.75. The molecule has 0 aliphatic rings. The number of hydrogen-bond donors (Lipinski definition) is 0. The highest BCUT2D eigenvalue weighted by molar-refractivity contribution is 7.88. The lowest BCUT2D eigenvalue weighted by Gasteiger charge is -2.08. The van der Waals surface area contributed by atoms with Crippen LogP contribution in [0, 0.1) is 10.1 Å². The van der Waals surface area contributed by atoms with Gasteiger partial charge in [0.05, 0.1) is 16.5 Å². The van der Waals surface area contributed by atoms with Gasteiger partial charge in [0.25, 0.3) is 15.7 Å². The number of non-ortho nitro benzene ring substituents is 1. The van der Waals surface area contributed by atoms with E-state index in [2.05, 4.69) is 0 Å². The Balaban J connectivity index is 1.71. The molecule has 1 aromatic carbocycles. The van der Waals surface area contributed by atoms with Crippen molar-refractivity contribution >= 4 is 32.8 Å². The van der Waals surface area contributed by atoms with E-state index >= 15 is 0 Å². The van der Waals surface area contributed by atoms with Crippen LogP contribution in [0.25, 0.3) is 11.1 Å². The van der Waals surface area contributed by atoms with Crippen LogP contribution in [0.1, 0.15) is 5.76 Å². The summed E-state index contributed by atoms with van der Waals surface area (Å²) in [6.45, 7) is -0.856. The van der Waals surface area contributed by atoms with Gasteiger partial charge in [-0.15, -0.1) is 0 Å². The van der Waals surface area contributed by atoms with Crippen molar-refractivity contribution < 1.29 is 31.7 Å². The van der Waals surface area contributed by atoms with Crippen molar-refractivity contribution in [3.63, 3.8) is 0 Å². The Labute approximate surface area is 163 Å². The van der Waals surface area contributed by atoms with E-state index in [9.17, 15) is 28.1 Å². The van der Waals surface area contributed by atoms with E-state index in [4.69, 9.17) is 13.6 Å². The van der Waals surface area contributed by atoms with Crippen LogP contribution >= 0.6 is 0 Å². The number of carbonyl (C=O) groups is 1. The average molecular weight is 425 g/mol. The lowest BCUT2D eigenvalue weighted by molar-refractivity contribution is -0.384. The molecular weight excluding hydrogens is 410 g/mol. The smallest absolute Gasteiger partial charge is 0.420 e. The summed E-state index contributed by atoms with van der Waals surface area (Å²) in [7, 11) is -1.06. The van der Waals surface area contributed by atoms with E-state index in [1.807, 2.05) is 0 Å². The van der Waals surface area contributed by atoms with Crippen LogP contribution in [-0.2, 0) is 32.7 Å². The molecule has 0 aliphatic carbocycles. The molecule has 0 fully saturated rings. The van der Waals surface area contributed by atoms with Crippen LogP contribution in [0.4, 0.5) is 5.69 Å². The summed E-state index contributed by atoms with van der Waals surface area (Å²) in [5, 5.41) is 10.5. The Morgan fingerprint density at radius 3 is 2.62 bits per heavy atom. The number of nitrogens with zero attached hydrogens (tertiary/aromatic N) is 3. The molecule has 2 aromatic heterocycles. The average Bonchev–Trinajstić information content (AvgIpc) is 3.25. The zero-order chi connectivity index (χ0) is 21.3. The van der Waals surface area contributed by atoms with Gasteiger partial charge in [0.15, 0.2) is 5.58 Å². The maximum atomic E-state index is 12.1. The van der Waals surface area contributed by atoms with Crippen LogP contribution in [0.15, 0.2) is 49.1 Å². The molecule has 13 heteroatoms. The Morgan fingerprint density at radius 2 is 1.97 bits per heavy atom. The number of aromatic nitrogens is 1. The number of oxazole rings is 1. The molecular formula is C16H15N3O9S. The fourth-order valence-electron chi connectivity index (χ4n) is 2.40. The first-order valence-corrected chi connectivity index (χ1v) is 9.48. The van der Waals surface area contributed by atoms with Gasteiger partial charge in [-0.2, -0.15) is 0 Å². The summed E-state index contributed by atoms with van der Waals surface area (Å²) in [6, 6.07) is 6.13. The molecule has 3 rings (SSSR count). The Kier molecular flexibility index (Phi) is 5.26. The number of fused-ring (bicyclic) bond motifs is 1. The Morgan fingerprint density at radius 1 is 1.24 bits per heavy atom. The van der Waals surface area contributed by atoms with Crippen LogP contribution in [-0.4, -0.2) is 42.3 Å². The number of nitro groups is 1. The van der Waals surface area contributed by atoms with Gasteiger partial charge in [0.2, 0.25) is 5.09 Å². The van der Waals surface area contributed by atoms with E-state index in [0.29, 0.717) is 0 Å². The van der Waals surface area contributed by atoms with Gasteiger partial charge in [0.1, 0.15) is 18.9 Å². The Bertz CT molecular complexity index is 1250. The second-order valence-corrected chi connectivity index (χ2v) is 8.11. The highest BCUT2D eigenvalue weighted by Crippen LogP contribution is 2.20. The first-order valence-electron chi connectivity index (χ1n) is 8.04. The minimum Gasteiger partial charge on any atom is -0.456 e. The number of furan rings is 1. The molecule has 0 saturated carbocycles. The molecule has 0 aliphatic heterocycles. The van der Waals surface area contributed by atoms with E-state index in [0.717, 1.165) is 14.9 Å². The maximum Gasteiger partial charge on any atom is 0.420 e.